The van der Waals surface area contributed by atoms with E-state index in [-0.39, 0.29) is 11.6 Å². The predicted molar refractivity (Wildman–Crippen MR) is 78.1 cm³/mol. The Morgan fingerprint density at radius 2 is 1.89 bits per heavy atom. The molecular formula is C15H27N3O. The van der Waals surface area contributed by atoms with Crippen molar-refractivity contribution in [3.63, 3.8) is 0 Å². The lowest BCUT2D eigenvalue weighted by atomic mass is 9.71. The Morgan fingerprint density at radius 3 is 2.37 bits per heavy atom. The van der Waals surface area contributed by atoms with Crippen molar-refractivity contribution in [2.75, 3.05) is 6.54 Å². The van der Waals surface area contributed by atoms with Crippen LogP contribution >= 0.6 is 0 Å². The lowest BCUT2D eigenvalue weighted by molar-refractivity contribution is 0.106. The average Bonchev–Trinajstić information content (AvgIpc) is 2.54. The second-order valence-corrected chi connectivity index (χ2v) is 6.90. The van der Waals surface area contributed by atoms with Gasteiger partial charge in [0.05, 0.1) is 0 Å². The maximum absolute atomic E-state index is 12.1. The largest absolute Gasteiger partial charge is 0.385 e. The molecule has 0 aromatic carbocycles. The predicted octanol–water partition coefficient (Wildman–Crippen LogP) is 3.02. The topological polar surface area (TPSA) is 58.7 Å². The van der Waals surface area contributed by atoms with Gasteiger partial charge in [0.25, 0.3) is 0 Å². The first-order valence-corrected chi connectivity index (χ1v) is 7.53. The molecule has 0 bridgehead atoms. The first-order valence-electron chi connectivity index (χ1n) is 7.53. The number of carbonyl (C=O) groups excluding carboxylic acids is 1. The van der Waals surface area contributed by atoms with Crippen LogP contribution in [0.1, 0.15) is 53.4 Å². The van der Waals surface area contributed by atoms with Crippen LogP contribution in [-0.2, 0) is 0 Å². The third-order valence-corrected chi connectivity index (χ3v) is 4.79. The van der Waals surface area contributed by atoms with E-state index in [4.69, 9.17) is 5.73 Å². The summed E-state index contributed by atoms with van der Waals surface area (Å²) in [6.07, 6.45) is 4.25. The van der Waals surface area contributed by atoms with Gasteiger partial charge in [0.15, 0.2) is 0 Å². The molecule has 1 heterocycles. The molecule has 19 heavy (non-hydrogen) atoms. The summed E-state index contributed by atoms with van der Waals surface area (Å²) in [5.41, 5.74) is 5.84. The number of hydrogen-bond donors (Lipinski definition) is 1. The van der Waals surface area contributed by atoms with E-state index >= 15 is 0 Å². The summed E-state index contributed by atoms with van der Waals surface area (Å²) in [7, 11) is 0. The molecule has 1 saturated carbocycles. The highest BCUT2D eigenvalue weighted by atomic mass is 16.2. The molecule has 4 heteroatoms. The van der Waals surface area contributed by atoms with Gasteiger partial charge in [-0.3, -0.25) is 0 Å². The maximum Gasteiger partial charge on any atom is 0.346 e. The van der Waals surface area contributed by atoms with Crippen LogP contribution in [0.2, 0.25) is 0 Å². The van der Waals surface area contributed by atoms with E-state index in [0.717, 1.165) is 38.1 Å². The first-order chi connectivity index (χ1) is 8.86. The van der Waals surface area contributed by atoms with Crippen molar-refractivity contribution in [3.05, 3.63) is 0 Å². The number of amidine groups is 1. The lowest BCUT2D eigenvalue weighted by Gasteiger charge is -2.44. The summed E-state index contributed by atoms with van der Waals surface area (Å²) < 4.78 is 0. The molecule has 0 atom stereocenters. The third kappa shape index (κ3) is 2.49. The Kier molecular flexibility index (Phi) is 3.88. The van der Waals surface area contributed by atoms with Crippen LogP contribution in [0, 0.1) is 17.8 Å². The van der Waals surface area contributed by atoms with Gasteiger partial charge >= 0.3 is 6.03 Å². The quantitative estimate of drug-likeness (QED) is 0.852. The number of nitrogens with zero attached hydrogens (tertiary/aromatic N) is 2. The molecule has 2 amide bonds. The van der Waals surface area contributed by atoms with Gasteiger partial charge in [0.2, 0.25) is 0 Å². The molecule has 2 aliphatic rings. The highest BCUT2D eigenvalue weighted by molar-refractivity contribution is 6.05. The number of carbonyl (C=O) groups is 1. The lowest BCUT2D eigenvalue weighted by Crippen LogP contribution is -2.57. The van der Waals surface area contributed by atoms with E-state index in [1.165, 1.54) is 0 Å². The van der Waals surface area contributed by atoms with Crippen LogP contribution in [0.25, 0.3) is 0 Å². The summed E-state index contributed by atoms with van der Waals surface area (Å²) in [6, 6.07) is -0.130. The first kappa shape index (κ1) is 14.4. The maximum atomic E-state index is 12.1. The zero-order chi connectivity index (χ0) is 14.2. The van der Waals surface area contributed by atoms with Gasteiger partial charge in [-0.1, -0.05) is 27.7 Å². The zero-order valence-corrected chi connectivity index (χ0v) is 12.6. The number of rotatable bonds is 3. The van der Waals surface area contributed by atoms with E-state index in [9.17, 15) is 4.79 Å². The Labute approximate surface area is 116 Å². The molecule has 2 rings (SSSR count). The zero-order valence-electron chi connectivity index (χ0n) is 12.6. The van der Waals surface area contributed by atoms with Crippen molar-refractivity contribution in [1.82, 2.24) is 4.90 Å². The highest BCUT2D eigenvalue weighted by Crippen LogP contribution is 2.42. The second-order valence-electron chi connectivity index (χ2n) is 6.90. The molecule has 0 unspecified atom stereocenters. The van der Waals surface area contributed by atoms with Gasteiger partial charge in [0, 0.05) is 6.54 Å². The van der Waals surface area contributed by atoms with E-state index in [1.807, 2.05) is 4.90 Å². The van der Waals surface area contributed by atoms with Crippen LogP contribution in [0.3, 0.4) is 0 Å². The van der Waals surface area contributed by atoms with E-state index in [0.29, 0.717) is 17.7 Å². The fraction of sp³-hybridized carbons (Fsp3) is 0.867. The molecule has 1 aliphatic carbocycles. The van der Waals surface area contributed by atoms with Crippen LogP contribution < -0.4 is 5.73 Å². The van der Waals surface area contributed by atoms with Gasteiger partial charge in [-0.25, -0.2) is 4.79 Å². The Morgan fingerprint density at radius 1 is 1.32 bits per heavy atom. The summed E-state index contributed by atoms with van der Waals surface area (Å²) in [6.45, 7) is 9.59. The molecule has 108 valence electrons. The Balaban J connectivity index is 2.16. The van der Waals surface area contributed by atoms with Crippen molar-refractivity contribution in [3.8, 4) is 0 Å². The van der Waals surface area contributed by atoms with Crippen molar-refractivity contribution < 1.29 is 4.79 Å². The van der Waals surface area contributed by atoms with Crippen molar-refractivity contribution in [2.24, 2.45) is 28.5 Å². The summed E-state index contributed by atoms with van der Waals surface area (Å²) in [4.78, 5) is 18.1. The normalized spacial score (nSPS) is 31.7. The van der Waals surface area contributed by atoms with E-state index in [1.54, 1.807) is 0 Å². The monoisotopic (exact) mass is 265 g/mol. The molecule has 0 aromatic heterocycles. The van der Waals surface area contributed by atoms with Gasteiger partial charge < -0.3 is 10.6 Å². The fourth-order valence-electron chi connectivity index (χ4n) is 3.52. The molecule has 1 aliphatic heterocycles. The number of aliphatic imine (C=N–C) groups is 1. The number of hydrogen-bond acceptors (Lipinski definition) is 2. The highest BCUT2D eigenvalue weighted by Gasteiger charge is 2.50. The smallest absolute Gasteiger partial charge is 0.346 e. The van der Waals surface area contributed by atoms with Gasteiger partial charge in [-0.15, -0.1) is 0 Å². The number of urea groups is 1. The minimum Gasteiger partial charge on any atom is -0.385 e. The SMILES string of the molecule is CC(C)CN1C(=O)N=C(N)C12CCC(C(C)C)CC2. The molecule has 1 fully saturated rings. The van der Waals surface area contributed by atoms with Crippen molar-refractivity contribution in [2.45, 2.75) is 58.9 Å². The van der Waals surface area contributed by atoms with Crippen LogP contribution in [0.15, 0.2) is 4.99 Å². The van der Waals surface area contributed by atoms with E-state index < -0.39 is 0 Å². The molecule has 1 spiro atoms. The average molecular weight is 265 g/mol. The number of amides is 2. The minimum absolute atomic E-state index is 0.130. The standard InChI is InChI=1S/C15H27N3O/c1-10(2)9-18-14(19)17-13(16)15(18)7-5-12(6-8-15)11(3)4/h10-12H,5-9H2,1-4H3,(H2,16,17,19). The Bertz CT molecular complexity index is 379. The molecule has 4 nitrogen and oxygen atoms in total. The van der Waals surface area contributed by atoms with Gasteiger partial charge in [-0.2, -0.15) is 4.99 Å². The molecular weight excluding hydrogens is 238 g/mol. The summed E-state index contributed by atoms with van der Waals surface area (Å²) in [5, 5.41) is 0. The Hall–Kier alpha value is -1.06. The second kappa shape index (κ2) is 5.14. The third-order valence-electron chi connectivity index (χ3n) is 4.79. The minimum atomic E-state index is -0.271. The van der Waals surface area contributed by atoms with Gasteiger partial charge in [0.1, 0.15) is 11.4 Å². The molecule has 0 radical (unpaired) electrons. The van der Waals surface area contributed by atoms with Crippen molar-refractivity contribution >= 4 is 11.9 Å². The fourth-order valence-corrected chi connectivity index (χ4v) is 3.52. The molecule has 2 N–H and O–H groups in total. The summed E-state index contributed by atoms with van der Waals surface area (Å²) in [5.74, 6) is 2.48. The van der Waals surface area contributed by atoms with Crippen LogP contribution in [0.5, 0.6) is 0 Å². The van der Waals surface area contributed by atoms with Gasteiger partial charge in [-0.05, 0) is 43.4 Å². The van der Waals surface area contributed by atoms with Crippen LogP contribution in [-0.4, -0.2) is 28.9 Å². The number of nitrogens with two attached hydrogens (primary N) is 1. The van der Waals surface area contributed by atoms with Crippen LogP contribution in [0.4, 0.5) is 4.79 Å². The van der Waals surface area contributed by atoms with Crippen molar-refractivity contribution in [1.29, 1.82) is 0 Å². The van der Waals surface area contributed by atoms with E-state index in [2.05, 4.69) is 32.7 Å². The summed E-state index contributed by atoms with van der Waals surface area (Å²) >= 11 is 0. The molecule has 0 aromatic rings. The molecule has 0 saturated heterocycles.